The maximum absolute atomic E-state index is 13.3. The number of aromatic nitrogens is 6. The summed E-state index contributed by atoms with van der Waals surface area (Å²) in [6.07, 6.45) is 5.56. The van der Waals surface area contributed by atoms with Crippen LogP contribution in [-0.2, 0) is 7.05 Å². The molecule has 0 aliphatic carbocycles. The molecule has 0 atom stereocenters. The molecule has 0 saturated carbocycles. The number of benzene rings is 1. The molecule has 7 nitrogen and oxygen atoms in total. The molecular formula is C22H21FN6O. The van der Waals surface area contributed by atoms with E-state index < -0.39 is 0 Å². The van der Waals surface area contributed by atoms with Crippen LogP contribution >= 0.6 is 0 Å². The van der Waals surface area contributed by atoms with Gasteiger partial charge in [-0.25, -0.2) is 19.0 Å². The van der Waals surface area contributed by atoms with E-state index in [0.717, 1.165) is 5.56 Å². The molecule has 0 unspecified atom stereocenters. The number of carbonyl (C=O) groups is 1. The summed E-state index contributed by atoms with van der Waals surface area (Å²) in [6.45, 7) is 4.03. The van der Waals surface area contributed by atoms with Gasteiger partial charge in [0.15, 0.2) is 5.78 Å². The first-order chi connectivity index (χ1) is 14.4. The van der Waals surface area contributed by atoms with E-state index in [4.69, 9.17) is 0 Å². The Morgan fingerprint density at radius 3 is 2.53 bits per heavy atom. The van der Waals surface area contributed by atoms with Gasteiger partial charge in [-0.3, -0.25) is 9.36 Å². The van der Waals surface area contributed by atoms with Gasteiger partial charge in [0.05, 0.1) is 0 Å². The molecule has 3 heterocycles. The van der Waals surface area contributed by atoms with Crippen LogP contribution in [0.4, 0.5) is 4.39 Å². The quantitative estimate of drug-likeness (QED) is 0.452. The van der Waals surface area contributed by atoms with Crippen LogP contribution in [-0.4, -0.2) is 35.3 Å². The van der Waals surface area contributed by atoms with Crippen LogP contribution in [0.3, 0.4) is 0 Å². The van der Waals surface area contributed by atoms with Gasteiger partial charge in [0.2, 0.25) is 0 Å². The van der Waals surface area contributed by atoms with Crippen molar-refractivity contribution in [3.63, 3.8) is 0 Å². The van der Waals surface area contributed by atoms with E-state index in [1.54, 1.807) is 53.1 Å². The number of imidazole rings is 1. The monoisotopic (exact) mass is 404 g/mol. The molecule has 8 heteroatoms. The first-order valence-electron chi connectivity index (χ1n) is 9.62. The number of ketones is 1. The minimum Gasteiger partial charge on any atom is -0.294 e. The standard InChI is InChI=1S/C22H21FN6O/c1-14(2)10-19(30)16-6-9-20(24-11-16)29-12-18(25-13-29)22-21(26-27-28(22)3)15-4-7-17(23)8-5-15/h4-9,11-14H,10H2,1-3H3. The fourth-order valence-electron chi connectivity index (χ4n) is 3.21. The highest BCUT2D eigenvalue weighted by molar-refractivity contribution is 5.95. The zero-order valence-electron chi connectivity index (χ0n) is 17.0. The molecule has 0 spiro atoms. The average molecular weight is 404 g/mol. The van der Waals surface area contributed by atoms with Crippen LogP contribution < -0.4 is 0 Å². The van der Waals surface area contributed by atoms with E-state index in [9.17, 15) is 9.18 Å². The summed E-state index contributed by atoms with van der Waals surface area (Å²) in [5.41, 5.74) is 3.33. The van der Waals surface area contributed by atoms with Crippen LogP contribution in [0.15, 0.2) is 55.1 Å². The lowest BCUT2D eigenvalue weighted by Crippen LogP contribution is -2.05. The lowest BCUT2D eigenvalue weighted by Gasteiger charge is -2.05. The number of carbonyl (C=O) groups excluding carboxylic acids is 1. The van der Waals surface area contributed by atoms with Gasteiger partial charge in [0, 0.05) is 37.0 Å². The van der Waals surface area contributed by atoms with Crippen LogP contribution in [0, 0.1) is 11.7 Å². The van der Waals surface area contributed by atoms with Gasteiger partial charge in [-0.15, -0.1) is 5.10 Å². The van der Waals surface area contributed by atoms with E-state index in [-0.39, 0.29) is 11.6 Å². The van der Waals surface area contributed by atoms with Crippen molar-refractivity contribution >= 4 is 5.78 Å². The van der Waals surface area contributed by atoms with Crippen molar-refractivity contribution in [2.75, 3.05) is 0 Å². The highest BCUT2D eigenvalue weighted by Crippen LogP contribution is 2.29. The lowest BCUT2D eigenvalue weighted by molar-refractivity contribution is 0.0967. The number of nitrogens with zero attached hydrogens (tertiary/aromatic N) is 6. The van der Waals surface area contributed by atoms with Crippen molar-refractivity contribution in [2.45, 2.75) is 20.3 Å². The summed E-state index contributed by atoms with van der Waals surface area (Å²) >= 11 is 0. The van der Waals surface area contributed by atoms with Gasteiger partial charge >= 0.3 is 0 Å². The SMILES string of the molecule is CC(C)CC(=O)c1ccc(-n2cnc(-c3c(-c4ccc(F)cc4)nnn3C)c2)nc1. The number of hydrogen-bond donors (Lipinski definition) is 0. The van der Waals surface area contributed by atoms with E-state index in [0.29, 0.717) is 40.8 Å². The summed E-state index contributed by atoms with van der Waals surface area (Å²) in [4.78, 5) is 21.1. The lowest BCUT2D eigenvalue weighted by atomic mass is 10.0. The molecule has 0 radical (unpaired) electrons. The first kappa shape index (κ1) is 19.6. The molecule has 4 aromatic rings. The molecule has 0 bridgehead atoms. The van der Waals surface area contributed by atoms with E-state index >= 15 is 0 Å². The van der Waals surface area contributed by atoms with E-state index in [1.165, 1.54) is 12.1 Å². The van der Waals surface area contributed by atoms with Gasteiger partial charge in [-0.05, 0) is 42.3 Å². The summed E-state index contributed by atoms with van der Waals surface area (Å²) in [5, 5.41) is 8.32. The van der Waals surface area contributed by atoms with Crippen molar-refractivity contribution in [3.05, 3.63) is 66.5 Å². The third-order valence-corrected chi connectivity index (χ3v) is 4.70. The smallest absolute Gasteiger partial charge is 0.164 e. The van der Waals surface area contributed by atoms with Crippen LogP contribution in [0.1, 0.15) is 30.6 Å². The molecule has 3 aromatic heterocycles. The Morgan fingerprint density at radius 2 is 1.87 bits per heavy atom. The van der Waals surface area contributed by atoms with Crippen LogP contribution in [0.25, 0.3) is 28.5 Å². The Balaban J connectivity index is 1.63. The minimum absolute atomic E-state index is 0.0836. The second-order valence-electron chi connectivity index (χ2n) is 7.51. The third kappa shape index (κ3) is 3.89. The minimum atomic E-state index is -0.310. The maximum Gasteiger partial charge on any atom is 0.164 e. The summed E-state index contributed by atoms with van der Waals surface area (Å²) in [7, 11) is 1.78. The summed E-state index contributed by atoms with van der Waals surface area (Å²) in [5.74, 6) is 0.722. The normalized spacial score (nSPS) is 11.2. The maximum atomic E-state index is 13.3. The summed E-state index contributed by atoms with van der Waals surface area (Å²) in [6, 6.07) is 9.67. The summed E-state index contributed by atoms with van der Waals surface area (Å²) < 4.78 is 16.7. The fraction of sp³-hybridized carbons (Fsp3) is 0.227. The topological polar surface area (TPSA) is 78.5 Å². The molecular weight excluding hydrogens is 383 g/mol. The highest BCUT2D eigenvalue weighted by atomic mass is 19.1. The van der Waals surface area contributed by atoms with Crippen molar-refractivity contribution in [3.8, 4) is 28.5 Å². The zero-order valence-corrected chi connectivity index (χ0v) is 17.0. The van der Waals surface area contributed by atoms with Crippen molar-refractivity contribution in [1.29, 1.82) is 0 Å². The van der Waals surface area contributed by atoms with Gasteiger partial charge in [0.25, 0.3) is 0 Å². The predicted octanol–water partition coefficient (Wildman–Crippen LogP) is 4.10. The van der Waals surface area contributed by atoms with E-state index in [2.05, 4.69) is 20.3 Å². The third-order valence-electron chi connectivity index (χ3n) is 4.70. The first-order valence-corrected chi connectivity index (χ1v) is 9.62. The number of rotatable bonds is 6. The van der Waals surface area contributed by atoms with Crippen molar-refractivity contribution in [2.24, 2.45) is 13.0 Å². The predicted molar refractivity (Wildman–Crippen MR) is 111 cm³/mol. The molecule has 0 fully saturated rings. The molecule has 30 heavy (non-hydrogen) atoms. The Bertz CT molecular complexity index is 1180. The van der Waals surface area contributed by atoms with Gasteiger partial charge in [-0.1, -0.05) is 19.1 Å². The van der Waals surface area contributed by atoms with Crippen molar-refractivity contribution in [1.82, 2.24) is 29.5 Å². The Labute approximate surface area is 173 Å². The molecule has 1 aromatic carbocycles. The molecule has 4 rings (SSSR count). The second-order valence-corrected chi connectivity index (χ2v) is 7.51. The zero-order chi connectivity index (χ0) is 21.3. The number of halogens is 1. The van der Waals surface area contributed by atoms with Gasteiger partial charge < -0.3 is 0 Å². The van der Waals surface area contributed by atoms with Gasteiger partial charge in [0.1, 0.15) is 35.0 Å². The Kier molecular flexibility index (Phi) is 5.22. The number of hydrogen-bond acceptors (Lipinski definition) is 5. The number of Topliss-reactive ketones (excluding diaryl/α,β-unsaturated/α-hetero) is 1. The molecule has 0 aliphatic rings. The van der Waals surface area contributed by atoms with E-state index in [1.807, 2.05) is 20.0 Å². The van der Waals surface area contributed by atoms with Crippen LogP contribution in [0.5, 0.6) is 0 Å². The Morgan fingerprint density at radius 1 is 1.10 bits per heavy atom. The van der Waals surface area contributed by atoms with Crippen LogP contribution in [0.2, 0.25) is 0 Å². The molecule has 0 N–H and O–H groups in total. The second kappa shape index (κ2) is 7.98. The average Bonchev–Trinajstić information content (AvgIpc) is 3.35. The molecule has 0 aliphatic heterocycles. The fourth-order valence-corrected chi connectivity index (χ4v) is 3.21. The largest absolute Gasteiger partial charge is 0.294 e. The molecule has 152 valence electrons. The van der Waals surface area contributed by atoms with Crippen molar-refractivity contribution < 1.29 is 9.18 Å². The molecule has 0 saturated heterocycles. The van der Waals surface area contributed by atoms with Gasteiger partial charge in [-0.2, -0.15) is 0 Å². The number of pyridine rings is 1. The number of aryl methyl sites for hydroxylation is 1. The highest BCUT2D eigenvalue weighted by Gasteiger charge is 2.18. The Hall–Kier alpha value is -3.68. The molecule has 0 amide bonds.